The molecule has 2 unspecified atom stereocenters. The fraction of sp³-hybridized carbons (Fsp3) is 0.556. The van der Waals surface area contributed by atoms with Crippen LogP contribution in [-0.4, -0.2) is 23.5 Å². The minimum absolute atomic E-state index is 0.00843. The number of ketones is 1. The average molecular weight is 320 g/mol. The molecule has 0 amide bonds. The van der Waals surface area contributed by atoms with Crippen LogP contribution >= 0.6 is 0 Å². The van der Waals surface area contributed by atoms with Gasteiger partial charge in [0.2, 0.25) is 0 Å². The molecule has 2 aliphatic rings. The normalized spacial score (nSPS) is 23.7. The summed E-state index contributed by atoms with van der Waals surface area (Å²) in [6, 6.07) is 2.50. The van der Waals surface area contributed by atoms with Crippen LogP contribution in [0, 0.1) is 17.7 Å². The molecule has 23 heavy (non-hydrogen) atoms. The molecule has 0 spiro atoms. The van der Waals surface area contributed by atoms with Crippen LogP contribution in [0.15, 0.2) is 12.1 Å². The molecular formula is C18H21FO4. The lowest BCUT2D eigenvalue weighted by Gasteiger charge is -2.18. The van der Waals surface area contributed by atoms with Gasteiger partial charge in [-0.3, -0.25) is 9.59 Å². The van der Waals surface area contributed by atoms with Crippen molar-refractivity contribution in [2.75, 3.05) is 6.61 Å². The third-order valence-corrected chi connectivity index (χ3v) is 4.84. The quantitative estimate of drug-likeness (QED) is 0.665. The lowest BCUT2D eigenvalue weighted by atomic mass is 9.87. The highest BCUT2D eigenvalue weighted by atomic mass is 19.1. The van der Waals surface area contributed by atoms with E-state index in [1.165, 1.54) is 6.07 Å². The lowest BCUT2D eigenvalue weighted by Crippen LogP contribution is -2.28. The maximum Gasteiger partial charge on any atom is 0.309 e. The van der Waals surface area contributed by atoms with Crippen LogP contribution in [0.2, 0.25) is 0 Å². The summed E-state index contributed by atoms with van der Waals surface area (Å²) in [7, 11) is 0. The van der Waals surface area contributed by atoms with Crippen molar-refractivity contribution in [3.63, 3.8) is 0 Å². The van der Waals surface area contributed by atoms with Crippen molar-refractivity contribution >= 4 is 11.8 Å². The van der Waals surface area contributed by atoms with E-state index in [0.717, 1.165) is 25.3 Å². The lowest BCUT2D eigenvalue weighted by molar-refractivity contribution is -0.148. The molecule has 1 aromatic carbocycles. The zero-order valence-electron chi connectivity index (χ0n) is 13.2. The maximum absolute atomic E-state index is 14.2. The monoisotopic (exact) mass is 320 g/mol. The number of ether oxygens (including phenoxy) is 1. The number of rotatable bonds is 5. The molecule has 124 valence electrons. The van der Waals surface area contributed by atoms with Crippen molar-refractivity contribution < 1.29 is 23.8 Å². The van der Waals surface area contributed by atoms with Crippen molar-refractivity contribution in [3.8, 4) is 5.75 Å². The molecule has 0 aromatic heterocycles. The van der Waals surface area contributed by atoms with Crippen LogP contribution < -0.4 is 0 Å². The van der Waals surface area contributed by atoms with Gasteiger partial charge in [-0.15, -0.1) is 0 Å². The molecule has 3 rings (SSSR count). The van der Waals surface area contributed by atoms with Crippen molar-refractivity contribution in [3.05, 3.63) is 29.1 Å². The Morgan fingerprint density at radius 3 is 2.57 bits per heavy atom. The molecule has 0 heterocycles. The van der Waals surface area contributed by atoms with Gasteiger partial charge in [0, 0.05) is 12.0 Å². The Morgan fingerprint density at radius 1 is 1.22 bits per heavy atom. The van der Waals surface area contributed by atoms with E-state index in [4.69, 9.17) is 4.74 Å². The first kappa shape index (κ1) is 16.0. The molecule has 0 bridgehead atoms. The Bertz CT molecular complexity index is 636. The Balaban J connectivity index is 1.87. The summed E-state index contributed by atoms with van der Waals surface area (Å²) in [5, 5.41) is 9.86. The Morgan fingerprint density at radius 2 is 1.91 bits per heavy atom. The molecule has 5 heteroatoms. The van der Waals surface area contributed by atoms with Gasteiger partial charge in [-0.1, -0.05) is 6.42 Å². The van der Waals surface area contributed by atoms with Gasteiger partial charge in [0.15, 0.2) is 5.78 Å². The third-order valence-electron chi connectivity index (χ3n) is 4.84. The number of hydrogen-bond acceptors (Lipinski definition) is 4. The Hall–Kier alpha value is -1.91. The number of carbonyl (C=O) groups excluding carboxylic acids is 2. The molecule has 2 atom stereocenters. The third kappa shape index (κ3) is 3.09. The summed E-state index contributed by atoms with van der Waals surface area (Å²) in [5.74, 6) is -2.32. The van der Waals surface area contributed by atoms with E-state index < -0.39 is 17.7 Å². The largest absolute Gasteiger partial charge is 0.508 e. The minimum atomic E-state index is -0.716. The van der Waals surface area contributed by atoms with Gasteiger partial charge in [-0.25, -0.2) is 4.39 Å². The molecule has 1 N–H and O–H groups in total. The van der Waals surface area contributed by atoms with Gasteiger partial charge >= 0.3 is 5.97 Å². The molecule has 2 saturated carbocycles. The fourth-order valence-electron chi connectivity index (χ4n) is 3.49. The van der Waals surface area contributed by atoms with Gasteiger partial charge in [-0.05, 0) is 50.2 Å². The van der Waals surface area contributed by atoms with Gasteiger partial charge in [0.05, 0.1) is 18.1 Å². The van der Waals surface area contributed by atoms with Crippen LogP contribution in [0.5, 0.6) is 5.75 Å². The van der Waals surface area contributed by atoms with Crippen molar-refractivity contribution in [1.82, 2.24) is 0 Å². The van der Waals surface area contributed by atoms with E-state index in [0.29, 0.717) is 18.4 Å². The Kier molecular flexibility index (Phi) is 4.37. The maximum atomic E-state index is 14.2. The van der Waals surface area contributed by atoms with Crippen molar-refractivity contribution in [2.45, 2.75) is 44.9 Å². The van der Waals surface area contributed by atoms with Gasteiger partial charge in [-0.2, -0.15) is 0 Å². The number of aromatic hydroxyl groups is 1. The van der Waals surface area contributed by atoms with Crippen molar-refractivity contribution in [1.29, 1.82) is 0 Å². The smallest absolute Gasteiger partial charge is 0.309 e. The van der Waals surface area contributed by atoms with E-state index in [1.807, 2.05) is 0 Å². The first-order chi connectivity index (χ1) is 11.0. The fourth-order valence-corrected chi connectivity index (χ4v) is 3.49. The molecule has 4 nitrogen and oxygen atoms in total. The summed E-state index contributed by atoms with van der Waals surface area (Å²) >= 11 is 0. The summed E-state index contributed by atoms with van der Waals surface area (Å²) in [6.07, 6.45) is 3.82. The summed E-state index contributed by atoms with van der Waals surface area (Å²) in [5.41, 5.74) is 0.631. The van der Waals surface area contributed by atoms with E-state index in [-0.39, 0.29) is 35.6 Å². The number of halogens is 1. The number of benzene rings is 1. The standard InChI is InChI=1S/C18H21FO4/c1-2-23-18(22)12-5-3-4-11(12)17(21)14-8-13(10-6-7-10)16(20)9-15(14)19/h8-12,20H,2-7H2,1H3. The van der Waals surface area contributed by atoms with Crippen LogP contribution in [0.1, 0.15) is 60.9 Å². The van der Waals surface area contributed by atoms with Crippen LogP contribution in [-0.2, 0) is 9.53 Å². The van der Waals surface area contributed by atoms with Crippen LogP contribution in [0.25, 0.3) is 0 Å². The molecule has 1 aromatic rings. The highest BCUT2D eigenvalue weighted by Gasteiger charge is 2.40. The highest BCUT2D eigenvalue weighted by molar-refractivity contribution is 6.01. The number of Topliss-reactive ketones (excluding diaryl/α,β-unsaturated/α-hetero) is 1. The predicted octanol–water partition coefficient (Wildman–Crippen LogP) is 3.57. The van der Waals surface area contributed by atoms with Crippen LogP contribution in [0.4, 0.5) is 4.39 Å². The number of hydrogen-bond donors (Lipinski definition) is 1. The second kappa shape index (κ2) is 6.30. The molecule has 0 aliphatic heterocycles. The van der Waals surface area contributed by atoms with E-state index >= 15 is 0 Å². The molecule has 2 aliphatic carbocycles. The van der Waals surface area contributed by atoms with Crippen LogP contribution in [0.3, 0.4) is 0 Å². The molecule has 2 fully saturated rings. The first-order valence-electron chi connectivity index (χ1n) is 8.26. The predicted molar refractivity (Wildman–Crippen MR) is 81.8 cm³/mol. The topological polar surface area (TPSA) is 63.6 Å². The SMILES string of the molecule is CCOC(=O)C1CCCC1C(=O)c1cc(C2CC2)c(O)cc1F. The number of esters is 1. The minimum Gasteiger partial charge on any atom is -0.508 e. The number of carbonyl (C=O) groups is 2. The zero-order valence-corrected chi connectivity index (χ0v) is 13.2. The highest BCUT2D eigenvalue weighted by Crippen LogP contribution is 2.45. The summed E-state index contributed by atoms with van der Waals surface area (Å²) in [6.45, 7) is 2.00. The zero-order chi connectivity index (χ0) is 16.6. The average Bonchev–Trinajstić information content (AvgIpc) is 3.22. The second-order valence-electron chi connectivity index (χ2n) is 6.43. The van der Waals surface area contributed by atoms with Gasteiger partial charge < -0.3 is 9.84 Å². The van der Waals surface area contributed by atoms with E-state index in [2.05, 4.69) is 0 Å². The first-order valence-corrected chi connectivity index (χ1v) is 8.26. The molecular weight excluding hydrogens is 299 g/mol. The Labute approximate surface area is 134 Å². The van der Waals surface area contributed by atoms with Gasteiger partial charge in [0.1, 0.15) is 11.6 Å². The second-order valence-corrected chi connectivity index (χ2v) is 6.43. The molecule has 0 saturated heterocycles. The van der Waals surface area contributed by atoms with Gasteiger partial charge in [0.25, 0.3) is 0 Å². The number of phenols is 1. The summed E-state index contributed by atoms with van der Waals surface area (Å²) in [4.78, 5) is 24.8. The van der Waals surface area contributed by atoms with E-state index in [1.54, 1.807) is 6.92 Å². The van der Waals surface area contributed by atoms with E-state index in [9.17, 15) is 19.1 Å². The number of phenolic OH excluding ortho intramolecular Hbond substituents is 1. The molecule has 0 radical (unpaired) electrons. The summed E-state index contributed by atoms with van der Waals surface area (Å²) < 4.78 is 19.2. The van der Waals surface area contributed by atoms with Crippen molar-refractivity contribution in [2.24, 2.45) is 11.8 Å².